The third-order valence-electron chi connectivity index (χ3n) is 8.81. The first-order valence-corrected chi connectivity index (χ1v) is 18.4. The van der Waals surface area contributed by atoms with Crippen LogP contribution in [0.5, 0.6) is 5.75 Å². The molecule has 1 aliphatic carbocycles. The molecule has 2 fully saturated rings. The Kier molecular flexibility index (Phi) is 12.9. The van der Waals surface area contributed by atoms with Crippen LogP contribution in [0.25, 0.3) is 0 Å². The van der Waals surface area contributed by atoms with Gasteiger partial charge in [-0.25, -0.2) is 18.0 Å². The largest absolute Gasteiger partial charge is 0.491 e. The molecule has 1 unspecified atom stereocenters. The minimum absolute atomic E-state index is 0.126. The monoisotopic (exact) mass is 685 g/mol. The zero-order chi connectivity index (χ0) is 34.9. The molecule has 264 valence electrons. The van der Waals surface area contributed by atoms with Gasteiger partial charge in [0.05, 0.1) is 18.0 Å². The van der Waals surface area contributed by atoms with Crippen LogP contribution in [0, 0.1) is 12.8 Å². The third-order valence-corrected chi connectivity index (χ3v) is 10.7. The van der Waals surface area contributed by atoms with Gasteiger partial charge >= 0.3 is 12.1 Å². The molecule has 4 rings (SSSR count). The van der Waals surface area contributed by atoms with Crippen molar-refractivity contribution in [2.24, 2.45) is 5.92 Å². The van der Waals surface area contributed by atoms with E-state index in [9.17, 15) is 22.8 Å². The molecule has 2 aromatic carbocycles. The van der Waals surface area contributed by atoms with E-state index in [1.807, 2.05) is 27.7 Å². The molecule has 1 aliphatic heterocycles. The number of ether oxygens (including phenoxy) is 3. The fourth-order valence-electron chi connectivity index (χ4n) is 6.36. The molecule has 0 aromatic heterocycles. The van der Waals surface area contributed by atoms with Gasteiger partial charge in [0, 0.05) is 13.0 Å². The van der Waals surface area contributed by atoms with Crippen molar-refractivity contribution in [3.63, 3.8) is 0 Å². The number of nitrogens with zero attached hydrogens (tertiary/aromatic N) is 1. The smallest absolute Gasteiger partial charge is 0.407 e. The number of carbonyl (C=O) groups is 3. The van der Waals surface area contributed by atoms with E-state index >= 15 is 0 Å². The molecule has 0 bridgehead atoms. The normalized spacial score (nSPS) is 18.8. The van der Waals surface area contributed by atoms with Crippen LogP contribution in [-0.4, -0.2) is 74.7 Å². The summed E-state index contributed by atoms with van der Waals surface area (Å²) in [5.74, 6) is -0.0532. The summed E-state index contributed by atoms with van der Waals surface area (Å²) in [6.07, 6.45) is 7.29. The van der Waals surface area contributed by atoms with E-state index in [-0.39, 0.29) is 30.5 Å². The quantitative estimate of drug-likeness (QED) is 0.271. The molecular formula is C36H51N3O8S. The van der Waals surface area contributed by atoms with Crippen LogP contribution in [0.15, 0.2) is 53.4 Å². The maximum absolute atomic E-state index is 13.4. The van der Waals surface area contributed by atoms with E-state index in [2.05, 4.69) is 10.6 Å². The average Bonchev–Trinajstić information content (AvgIpc) is 3.55. The van der Waals surface area contributed by atoms with Crippen molar-refractivity contribution < 1.29 is 37.0 Å². The molecule has 3 atom stereocenters. The topological polar surface area (TPSA) is 140 Å². The summed E-state index contributed by atoms with van der Waals surface area (Å²) < 4.78 is 44.5. The maximum atomic E-state index is 13.4. The molecule has 2 aromatic rings. The van der Waals surface area contributed by atoms with E-state index in [4.69, 9.17) is 14.2 Å². The fraction of sp³-hybridized carbons (Fsp3) is 0.583. The highest BCUT2D eigenvalue weighted by molar-refractivity contribution is 7.89. The molecule has 0 radical (unpaired) electrons. The Bertz CT molecular complexity index is 1480. The number of alkyl carbamates (subject to hydrolysis) is 1. The lowest BCUT2D eigenvalue weighted by atomic mass is 9.85. The zero-order valence-electron chi connectivity index (χ0n) is 28.8. The van der Waals surface area contributed by atoms with E-state index in [0.717, 1.165) is 30.4 Å². The Labute approximate surface area is 285 Å². The summed E-state index contributed by atoms with van der Waals surface area (Å²) in [6, 6.07) is 11.5. The Hall–Kier alpha value is -3.64. The number of methoxy groups -OCH3 is 1. The number of nitrogens with one attached hydrogen (secondary N) is 2. The molecule has 2 aliphatic rings. The van der Waals surface area contributed by atoms with Crippen LogP contribution in [-0.2, 0) is 35.5 Å². The minimum Gasteiger partial charge on any atom is -0.491 e. The third kappa shape index (κ3) is 10.7. The molecule has 1 saturated heterocycles. The van der Waals surface area contributed by atoms with Crippen LogP contribution in [0.2, 0.25) is 0 Å². The van der Waals surface area contributed by atoms with Crippen LogP contribution >= 0.6 is 0 Å². The van der Waals surface area contributed by atoms with E-state index in [1.165, 1.54) is 42.8 Å². The second kappa shape index (κ2) is 16.6. The highest BCUT2D eigenvalue weighted by atomic mass is 32.2. The summed E-state index contributed by atoms with van der Waals surface area (Å²) in [5.41, 5.74) is 1.08. The number of amides is 2. The van der Waals surface area contributed by atoms with Crippen LogP contribution in [0.4, 0.5) is 4.79 Å². The highest BCUT2D eigenvalue weighted by Gasteiger charge is 2.40. The number of sulfonamides is 1. The summed E-state index contributed by atoms with van der Waals surface area (Å²) in [7, 11) is -2.65. The van der Waals surface area contributed by atoms with Gasteiger partial charge in [-0.3, -0.25) is 4.79 Å². The standard InChI is InChI=1S/C36H51N3O8S/c1-25-13-19-30(20-14-25)48(43,44)39-21-9-12-32(39)33(40)38-31(34(41)45-5)23-27-15-17-29(18-16-27)46-24-28(22-26-10-7-6-8-11-26)37-35(42)47-36(2,3)4/h13-20,26,28,31-32H,6-12,21-24H2,1-5H3,(H,37,42)(H,38,40)/t28?,31-,32-/m0/s1. The summed E-state index contributed by atoms with van der Waals surface area (Å²) >= 11 is 0. The molecule has 2 amide bonds. The number of esters is 1. The van der Waals surface area contributed by atoms with Crippen molar-refractivity contribution in [2.45, 2.75) is 114 Å². The van der Waals surface area contributed by atoms with Crippen molar-refractivity contribution in [2.75, 3.05) is 20.3 Å². The predicted molar refractivity (Wildman–Crippen MR) is 182 cm³/mol. The number of rotatable bonds is 13. The average molecular weight is 686 g/mol. The van der Waals surface area contributed by atoms with Crippen LogP contribution in [0.1, 0.15) is 83.3 Å². The molecule has 2 N–H and O–H groups in total. The number of benzene rings is 2. The Balaban J connectivity index is 1.38. The van der Waals surface area contributed by atoms with Gasteiger partial charge in [0.15, 0.2) is 0 Å². The van der Waals surface area contributed by atoms with Gasteiger partial charge in [-0.1, -0.05) is 61.9 Å². The van der Waals surface area contributed by atoms with Crippen molar-refractivity contribution >= 4 is 28.0 Å². The lowest BCUT2D eigenvalue weighted by molar-refractivity contribution is -0.145. The molecule has 11 nitrogen and oxygen atoms in total. The molecule has 12 heteroatoms. The van der Waals surface area contributed by atoms with Crippen molar-refractivity contribution in [1.29, 1.82) is 0 Å². The number of carbonyl (C=O) groups excluding carboxylic acids is 3. The summed E-state index contributed by atoms with van der Waals surface area (Å²) in [4.78, 5) is 38.9. The first-order valence-electron chi connectivity index (χ1n) is 16.9. The number of hydrogen-bond donors (Lipinski definition) is 2. The lowest BCUT2D eigenvalue weighted by Crippen LogP contribution is -2.51. The van der Waals surface area contributed by atoms with Crippen molar-refractivity contribution in [3.8, 4) is 5.75 Å². The van der Waals surface area contributed by atoms with Crippen molar-refractivity contribution in [3.05, 3.63) is 59.7 Å². The summed E-state index contributed by atoms with van der Waals surface area (Å²) in [6.45, 7) is 7.86. The predicted octanol–water partition coefficient (Wildman–Crippen LogP) is 5.29. The minimum atomic E-state index is -3.90. The van der Waals surface area contributed by atoms with Gasteiger partial charge < -0.3 is 24.8 Å². The molecular weight excluding hydrogens is 634 g/mol. The Morgan fingerprint density at radius 3 is 2.21 bits per heavy atom. The Morgan fingerprint density at radius 1 is 0.917 bits per heavy atom. The second-order valence-corrected chi connectivity index (χ2v) is 15.8. The second-order valence-electron chi connectivity index (χ2n) is 13.9. The molecule has 48 heavy (non-hydrogen) atoms. The van der Waals surface area contributed by atoms with E-state index in [0.29, 0.717) is 24.5 Å². The number of aryl methyl sites for hydroxylation is 1. The first kappa shape index (κ1) is 37.2. The molecule has 0 spiro atoms. The van der Waals surface area contributed by atoms with Gasteiger partial charge in [0.2, 0.25) is 15.9 Å². The maximum Gasteiger partial charge on any atom is 0.407 e. The SMILES string of the molecule is COC(=O)[C@H](Cc1ccc(OCC(CC2CCCCC2)NC(=O)OC(C)(C)C)cc1)NC(=O)[C@@H]1CCCN1S(=O)(=O)c1ccc(C)cc1. The van der Waals surface area contributed by atoms with Crippen molar-refractivity contribution in [1.82, 2.24) is 14.9 Å². The lowest BCUT2D eigenvalue weighted by Gasteiger charge is -2.28. The van der Waals surface area contributed by atoms with Crippen LogP contribution in [0.3, 0.4) is 0 Å². The molecule has 1 heterocycles. The highest BCUT2D eigenvalue weighted by Crippen LogP contribution is 2.29. The van der Waals surface area contributed by atoms with Gasteiger partial charge in [0.1, 0.15) is 30.0 Å². The zero-order valence-corrected chi connectivity index (χ0v) is 29.6. The van der Waals surface area contributed by atoms with Gasteiger partial charge in [0.25, 0.3) is 0 Å². The fourth-order valence-corrected chi connectivity index (χ4v) is 8.02. The summed E-state index contributed by atoms with van der Waals surface area (Å²) in [5, 5.41) is 5.74. The van der Waals surface area contributed by atoms with E-state index < -0.39 is 45.7 Å². The first-order chi connectivity index (χ1) is 22.7. The number of hydrogen-bond acceptors (Lipinski definition) is 8. The van der Waals surface area contributed by atoms with Gasteiger partial charge in [-0.2, -0.15) is 4.31 Å². The van der Waals surface area contributed by atoms with Gasteiger partial charge in [-0.05, 0) is 82.7 Å². The molecule has 1 saturated carbocycles. The van der Waals surface area contributed by atoms with Gasteiger partial charge in [-0.15, -0.1) is 0 Å². The van der Waals surface area contributed by atoms with Crippen LogP contribution < -0.4 is 15.4 Å². The Morgan fingerprint density at radius 2 is 1.58 bits per heavy atom. The van der Waals surface area contributed by atoms with E-state index in [1.54, 1.807) is 36.4 Å².